The second-order valence-corrected chi connectivity index (χ2v) is 15.5. The number of benzene rings is 7. The summed E-state index contributed by atoms with van der Waals surface area (Å²) in [5.74, 6) is 2.36. The van der Waals surface area contributed by atoms with Gasteiger partial charge in [0.1, 0.15) is 11.2 Å². The van der Waals surface area contributed by atoms with E-state index >= 15 is 0 Å². The van der Waals surface area contributed by atoms with Crippen LogP contribution in [0.3, 0.4) is 0 Å². The van der Waals surface area contributed by atoms with Gasteiger partial charge >= 0.3 is 0 Å². The molecule has 7 aromatic carbocycles. The van der Waals surface area contributed by atoms with Crippen LogP contribution in [0.1, 0.15) is 29.7 Å². The number of hydrogen-bond acceptors (Lipinski definition) is 5. The lowest BCUT2D eigenvalue weighted by Gasteiger charge is -2.13. The lowest BCUT2D eigenvalue weighted by Crippen LogP contribution is -2.01. The number of hydrogen-bond donors (Lipinski definition) is 0. The summed E-state index contributed by atoms with van der Waals surface area (Å²) in [4.78, 5) is 17.1. The zero-order valence-electron chi connectivity index (χ0n) is 30.0. The molecule has 55 heavy (non-hydrogen) atoms. The average Bonchev–Trinajstić information content (AvgIpc) is 3.83. The van der Waals surface area contributed by atoms with Crippen LogP contribution < -0.4 is 0 Å². The van der Waals surface area contributed by atoms with Crippen LogP contribution in [0.15, 0.2) is 162 Å². The van der Waals surface area contributed by atoms with Gasteiger partial charge in [-0.05, 0) is 81.3 Å². The number of fused-ring (bicyclic) bond motifs is 7. The first kappa shape index (κ1) is 31.8. The number of furan rings is 1. The molecule has 0 radical (unpaired) electrons. The van der Waals surface area contributed by atoms with Crippen molar-refractivity contribution in [1.82, 2.24) is 15.0 Å². The second-order valence-electron chi connectivity index (χ2n) is 14.4. The Labute approximate surface area is 322 Å². The largest absolute Gasteiger partial charge is 0.456 e. The summed E-state index contributed by atoms with van der Waals surface area (Å²) in [6, 6.07) is 53.2. The lowest BCUT2D eigenvalue weighted by atomic mass is 9.92. The fraction of sp³-hybridized carbons (Fsp3) is 0.0600. The molecule has 0 N–H and O–H groups in total. The van der Waals surface area contributed by atoms with Gasteiger partial charge in [-0.15, -0.1) is 11.3 Å². The SMILES string of the molecule is CC1CC=Cc2c1sc1c(-c3cc(-c4nc(-c5ccc(-c6ccccc6)cc5)nc(-c5ccc6c(c5)oc5ccccc56)n4)c4ccccc4c3)cccc21. The van der Waals surface area contributed by atoms with Crippen molar-refractivity contribution in [2.75, 3.05) is 0 Å². The van der Waals surface area contributed by atoms with Gasteiger partial charge in [-0.25, -0.2) is 15.0 Å². The molecule has 3 aromatic heterocycles. The third-order valence-electron chi connectivity index (χ3n) is 10.9. The van der Waals surface area contributed by atoms with Gasteiger partial charge in [0.05, 0.1) is 0 Å². The van der Waals surface area contributed by atoms with E-state index in [0.717, 1.165) is 66.9 Å². The highest BCUT2D eigenvalue weighted by Gasteiger charge is 2.22. The minimum atomic E-state index is 0.514. The number of rotatable bonds is 5. The number of nitrogens with zero attached hydrogens (tertiary/aromatic N) is 3. The van der Waals surface area contributed by atoms with Crippen LogP contribution in [0.5, 0.6) is 0 Å². The van der Waals surface area contributed by atoms with Crippen molar-refractivity contribution in [2.45, 2.75) is 19.3 Å². The smallest absolute Gasteiger partial charge is 0.164 e. The first-order chi connectivity index (χ1) is 27.1. The number of thiophene rings is 1. The Balaban J connectivity index is 1.12. The number of allylic oxidation sites excluding steroid dienone is 1. The third-order valence-corrected chi connectivity index (χ3v) is 12.4. The molecule has 0 fully saturated rings. The molecule has 0 amide bonds. The van der Waals surface area contributed by atoms with E-state index in [2.05, 4.69) is 146 Å². The normalized spacial score (nSPS) is 13.9. The zero-order valence-corrected chi connectivity index (χ0v) is 30.8. The monoisotopic (exact) mass is 723 g/mol. The molecular weight excluding hydrogens is 691 g/mol. The van der Waals surface area contributed by atoms with E-state index in [1.807, 2.05) is 35.6 Å². The van der Waals surface area contributed by atoms with Crippen LogP contribution in [-0.4, -0.2) is 15.0 Å². The first-order valence-corrected chi connectivity index (χ1v) is 19.6. The van der Waals surface area contributed by atoms with Crippen LogP contribution in [0.4, 0.5) is 0 Å². The third kappa shape index (κ3) is 5.38. The maximum atomic E-state index is 6.32. The fourth-order valence-corrected chi connectivity index (χ4v) is 9.52. The highest BCUT2D eigenvalue weighted by Crippen LogP contribution is 2.46. The molecule has 1 aliphatic rings. The molecule has 0 saturated carbocycles. The molecule has 260 valence electrons. The molecule has 5 heteroatoms. The van der Waals surface area contributed by atoms with E-state index in [4.69, 9.17) is 19.4 Å². The lowest BCUT2D eigenvalue weighted by molar-refractivity contribution is 0.669. The van der Waals surface area contributed by atoms with Crippen molar-refractivity contribution in [3.8, 4) is 56.4 Å². The summed E-state index contributed by atoms with van der Waals surface area (Å²) in [7, 11) is 0. The molecule has 0 saturated heterocycles. The number of para-hydroxylation sites is 1. The second kappa shape index (κ2) is 12.7. The zero-order chi connectivity index (χ0) is 36.5. The van der Waals surface area contributed by atoms with Gasteiger partial charge in [0, 0.05) is 42.4 Å². The Morgan fingerprint density at radius 2 is 1.18 bits per heavy atom. The summed E-state index contributed by atoms with van der Waals surface area (Å²) < 4.78 is 7.64. The van der Waals surface area contributed by atoms with Crippen LogP contribution >= 0.6 is 11.3 Å². The summed E-state index contributed by atoms with van der Waals surface area (Å²) in [6.45, 7) is 2.34. The van der Waals surface area contributed by atoms with Gasteiger partial charge in [0.2, 0.25) is 0 Å². The molecule has 1 atom stereocenters. The first-order valence-electron chi connectivity index (χ1n) is 18.7. The van der Waals surface area contributed by atoms with Gasteiger partial charge in [0.25, 0.3) is 0 Å². The quantitative estimate of drug-likeness (QED) is 0.177. The molecule has 3 heterocycles. The topological polar surface area (TPSA) is 51.8 Å². The highest BCUT2D eigenvalue weighted by atomic mass is 32.1. The van der Waals surface area contributed by atoms with Gasteiger partial charge in [-0.3, -0.25) is 0 Å². The van der Waals surface area contributed by atoms with E-state index in [0.29, 0.717) is 23.4 Å². The standard InChI is InChI=1S/C50H33N3OS/c1-30-11-9-18-41-42-19-10-17-38(47(42)55-46(30)41)36-27-34-14-5-6-15-37(34)43(28-36)50-52-48(33-23-21-32(22-24-33)31-12-3-2-4-13-31)51-49(53-50)35-25-26-40-39-16-7-8-20-44(39)54-45(40)29-35/h2-10,12-30H,11H2,1H3. The molecule has 4 nitrogen and oxygen atoms in total. The molecule has 1 aliphatic carbocycles. The van der Waals surface area contributed by atoms with Crippen LogP contribution in [0.2, 0.25) is 0 Å². The summed E-state index contributed by atoms with van der Waals surface area (Å²) in [5.41, 5.74) is 10.5. The summed E-state index contributed by atoms with van der Waals surface area (Å²) in [6.07, 6.45) is 5.71. The predicted octanol–water partition coefficient (Wildman–Crippen LogP) is 14.0. The minimum Gasteiger partial charge on any atom is -0.456 e. The van der Waals surface area contributed by atoms with E-state index in [1.54, 1.807) is 0 Å². The van der Waals surface area contributed by atoms with E-state index in [-0.39, 0.29) is 0 Å². The van der Waals surface area contributed by atoms with E-state index in [9.17, 15) is 0 Å². The van der Waals surface area contributed by atoms with Gasteiger partial charge in [0.15, 0.2) is 17.5 Å². The van der Waals surface area contributed by atoms with Crippen molar-refractivity contribution in [3.05, 3.63) is 168 Å². The Bertz CT molecular complexity index is 3140. The molecule has 0 aliphatic heterocycles. The van der Waals surface area contributed by atoms with Crippen molar-refractivity contribution in [2.24, 2.45) is 0 Å². The Morgan fingerprint density at radius 3 is 2.05 bits per heavy atom. The number of aromatic nitrogens is 3. The van der Waals surface area contributed by atoms with Crippen molar-refractivity contribution in [1.29, 1.82) is 0 Å². The molecule has 0 bridgehead atoms. The molecule has 11 rings (SSSR count). The molecule has 1 unspecified atom stereocenters. The molecule has 0 spiro atoms. The van der Waals surface area contributed by atoms with Crippen LogP contribution in [0, 0.1) is 0 Å². The van der Waals surface area contributed by atoms with Gasteiger partial charge < -0.3 is 4.42 Å². The Kier molecular flexibility index (Phi) is 7.36. The van der Waals surface area contributed by atoms with Crippen LogP contribution in [-0.2, 0) is 0 Å². The Hall–Kier alpha value is -6.69. The van der Waals surface area contributed by atoms with Crippen molar-refractivity contribution < 1.29 is 4.42 Å². The van der Waals surface area contributed by atoms with E-state index in [1.165, 1.54) is 31.7 Å². The maximum absolute atomic E-state index is 6.32. The minimum absolute atomic E-state index is 0.514. The van der Waals surface area contributed by atoms with E-state index < -0.39 is 0 Å². The van der Waals surface area contributed by atoms with Crippen molar-refractivity contribution in [3.63, 3.8) is 0 Å². The molecule has 10 aromatic rings. The highest BCUT2D eigenvalue weighted by molar-refractivity contribution is 7.20. The molecular formula is C50H33N3OS. The van der Waals surface area contributed by atoms with Gasteiger partial charge in [-0.1, -0.05) is 140 Å². The predicted molar refractivity (Wildman–Crippen MR) is 229 cm³/mol. The van der Waals surface area contributed by atoms with Gasteiger partial charge in [-0.2, -0.15) is 0 Å². The fourth-order valence-electron chi connectivity index (χ4n) is 8.13. The van der Waals surface area contributed by atoms with Crippen molar-refractivity contribution >= 4 is 60.2 Å². The summed E-state index contributed by atoms with van der Waals surface area (Å²) >= 11 is 1.94. The maximum Gasteiger partial charge on any atom is 0.164 e. The van der Waals surface area contributed by atoms with Crippen LogP contribution in [0.25, 0.3) is 105 Å². The Morgan fingerprint density at radius 1 is 0.509 bits per heavy atom. The summed E-state index contributed by atoms with van der Waals surface area (Å²) in [5, 5.41) is 5.71. The average molecular weight is 724 g/mol.